The second-order valence-corrected chi connectivity index (χ2v) is 7.66. The first-order valence-corrected chi connectivity index (χ1v) is 9.82. The molecule has 0 saturated carbocycles. The van der Waals surface area contributed by atoms with Crippen LogP contribution in [0.1, 0.15) is 28.0 Å². The van der Waals surface area contributed by atoms with Gasteiger partial charge in [-0.15, -0.1) is 0 Å². The van der Waals surface area contributed by atoms with E-state index in [0.717, 1.165) is 18.4 Å². The first-order chi connectivity index (χ1) is 13.6. The third-order valence-corrected chi connectivity index (χ3v) is 5.78. The number of halogens is 1. The Labute approximate surface area is 168 Å². The summed E-state index contributed by atoms with van der Waals surface area (Å²) in [6.45, 7) is 1.38. The monoisotopic (exact) mass is 398 g/mol. The molecule has 28 heavy (non-hydrogen) atoms. The predicted octanol–water partition coefficient (Wildman–Crippen LogP) is 2.51. The van der Waals surface area contributed by atoms with E-state index in [1.54, 1.807) is 33.8 Å². The Morgan fingerprint density at radius 1 is 1.25 bits per heavy atom. The summed E-state index contributed by atoms with van der Waals surface area (Å²) in [6.07, 6.45) is 4.41. The second-order valence-electron chi connectivity index (χ2n) is 7.26. The third kappa shape index (κ3) is 3.63. The van der Waals surface area contributed by atoms with Crippen LogP contribution in [0.2, 0.25) is 5.02 Å². The van der Waals surface area contributed by atoms with Gasteiger partial charge in [0.15, 0.2) is 5.65 Å². The van der Waals surface area contributed by atoms with Crippen molar-refractivity contribution in [2.24, 2.45) is 11.7 Å². The number of aliphatic hydroxyl groups excluding tert-OH is 1. The lowest BCUT2D eigenvalue weighted by molar-refractivity contribution is 0.0194. The highest BCUT2D eigenvalue weighted by molar-refractivity contribution is 6.33. The molecule has 2 aromatic heterocycles. The fraction of sp³-hybridized carbons (Fsp3) is 0.333. The number of β-amino-alcohol motifs (C(OH)–C–C–N with tert-alkyl or cyclic N) is 1. The number of carbonyl (C=O) groups excluding carboxylic acids is 1. The van der Waals surface area contributed by atoms with Crippen LogP contribution in [0.3, 0.4) is 0 Å². The van der Waals surface area contributed by atoms with E-state index in [2.05, 4.69) is 11.1 Å². The highest BCUT2D eigenvalue weighted by Crippen LogP contribution is 2.25. The number of pyridine rings is 1. The molecule has 1 aromatic carbocycles. The highest BCUT2D eigenvalue weighted by atomic mass is 35.5. The van der Waals surface area contributed by atoms with Gasteiger partial charge in [-0.3, -0.25) is 4.79 Å². The summed E-state index contributed by atoms with van der Waals surface area (Å²) in [5.74, 6) is -0.0770. The number of aliphatic hydroxyl groups is 1. The van der Waals surface area contributed by atoms with Crippen LogP contribution in [-0.2, 0) is 13.0 Å². The molecule has 1 aliphatic heterocycles. The summed E-state index contributed by atoms with van der Waals surface area (Å²) in [4.78, 5) is 18.9. The highest BCUT2D eigenvalue weighted by Gasteiger charge is 2.31. The molecule has 1 fully saturated rings. The van der Waals surface area contributed by atoms with Gasteiger partial charge in [-0.2, -0.15) is 0 Å². The molecule has 0 radical (unpaired) electrons. The van der Waals surface area contributed by atoms with Crippen LogP contribution in [0.25, 0.3) is 5.65 Å². The Hall–Kier alpha value is -2.41. The number of hydrogen-bond donors (Lipinski definition) is 2. The number of aromatic nitrogens is 2. The lowest BCUT2D eigenvalue weighted by Gasteiger charge is -2.36. The summed E-state index contributed by atoms with van der Waals surface area (Å²) in [7, 11) is 0. The summed E-state index contributed by atoms with van der Waals surface area (Å²) in [5.41, 5.74) is 9.00. The van der Waals surface area contributed by atoms with Gasteiger partial charge in [-0.25, -0.2) is 4.98 Å². The number of carbonyl (C=O) groups is 1. The maximum Gasteiger partial charge on any atom is 0.274 e. The number of amides is 1. The fourth-order valence-electron chi connectivity index (χ4n) is 3.88. The zero-order valence-corrected chi connectivity index (χ0v) is 16.2. The van der Waals surface area contributed by atoms with Crippen LogP contribution in [0.4, 0.5) is 0 Å². The number of nitrogens with two attached hydrogens (primary N) is 1. The van der Waals surface area contributed by atoms with Crippen molar-refractivity contribution in [2.45, 2.75) is 25.5 Å². The number of rotatable bonds is 4. The molecule has 3 aromatic rings. The van der Waals surface area contributed by atoms with Crippen molar-refractivity contribution in [3.05, 3.63) is 70.6 Å². The summed E-state index contributed by atoms with van der Waals surface area (Å²) in [6, 6.07) is 11.6. The van der Waals surface area contributed by atoms with Crippen molar-refractivity contribution in [1.29, 1.82) is 0 Å². The topological polar surface area (TPSA) is 83.9 Å². The molecular weight excluding hydrogens is 376 g/mol. The van der Waals surface area contributed by atoms with E-state index in [1.807, 2.05) is 18.2 Å². The van der Waals surface area contributed by atoms with E-state index < -0.39 is 6.10 Å². The number of piperidine rings is 1. The molecule has 3 N–H and O–H groups in total. The number of imidazole rings is 1. The van der Waals surface area contributed by atoms with Gasteiger partial charge < -0.3 is 20.1 Å². The van der Waals surface area contributed by atoms with Gasteiger partial charge in [0.2, 0.25) is 0 Å². The van der Waals surface area contributed by atoms with Gasteiger partial charge in [0, 0.05) is 32.0 Å². The molecule has 1 aliphatic rings. The Balaban J connectivity index is 1.45. The third-order valence-electron chi connectivity index (χ3n) is 5.48. The van der Waals surface area contributed by atoms with Gasteiger partial charge >= 0.3 is 0 Å². The Kier molecular flexibility index (Phi) is 5.35. The van der Waals surface area contributed by atoms with Gasteiger partial charge in [0.25, 0.3) is 5.91 Å². The average Bonchev–Trinajstić information content (AvgIpc) is 3.15. The molecule has 1 unspecified atom stereocenters. The van der Waals surface area contributed by atoms with Gasteiger partial charge in [0.1, 0.15) is 5.69 Å². The number of fused-ring (bicyclic) bond motifs is 1. The largest absolute Gasteiger partial charge is 0.391 e. The molecule has 3 heterocycles. The maximum absolute atomic E-state index is 12.9. The lowest BCUT2D eigenvalue weighted by Crippen LogP contribution is -2.47. The van der Waals surface area contributed by atoms with E-state index in [4.69, 9.17) is 17.3 Å². The zero-order valence-electron chi connectivity index (χ0n) is 15.5. The molecule has 2 atom stereocenters. The second kappa shape index (κ2) is 7.91. The summed E-state index contributed by atoms with van der Waals surface area (Å²) in [5, 5.41) is 11.2. The molecular formula is C21H23ClN4O2. The average molecular weight is 399 g/mol. The SMILES string of the molecule is NCc1ccccc1CC1CCN(C(=O)c2cn3cccc(Cl)c3n2)C[C@H]1O. The molecule has 7 heteroatoms. The standard InChI is InChI=1S/C21H23ClN4O2/c22-17-6-3-8-25-12-18(24-20(17)25)21(28)26-9-7-15(19(27)13-26)10-14-4-1-2-5-16(14)11-23/h1-6,8,12,15,19,27H,7,9-11,13,23H2/t15?,19-/m1/s1. The van der Waals surface area contributed by atoms with Crippen molar-refractivity contribution in [2.75, 3.05) is 13.1 Å². The molecule has 0 spiro atoms. The van der Waals surface area contributed by atoms with Crippen molar-refractivity contribution in [3.8, 4) is 0 Å². The number of benzene rings is 1. The quantitative estimate of drug-likeness (QED) is 0.707. The molecule has 1 amide bonds. The molecule has 6 nitrogen and oxygen atoms in total. The van der Waals surface area contributed by atoms with Crippen molar-refractivity contribution < 1.29 is 9.90 Å². The van der Waals surface area contributed by atoms with E-state index in [-0.39, 0.29) is 11.8 Å². The van der Waals surface area contributed by atoms with Crippen LogP contribution >= 0.6 is 11.6 Å². The van der Waals surface area contributed by atoms with Crippen molar-refractivity contribution in [3.63, 3.8) is 0 Å². The van der Waals surface area contributed by atoms with Crippen LogP contribution in [0, 0.1) is 5.92 Å². The minimum Gasteiger partial charge on any atom is -0.391 e. The van der Waals surface area contributed by atoms with Gasteiger partial charge in [-0.05, 0) is 42.0 Å². The number of hydrogen-bond acceptors (Lipinski definition) is 4. The van der Waals surface area contributed by atoms with E-state index in [0.29, 0.717) is 36.0 Å². The number of nitrogens with zero attached hydrogens (tertiary/aromatic N) is 3. The maximum atomic E-state index is 12.9. The van der Waals surface area contributed by atoms with E-state index in [1.165, 1.54) is 5.56 Å². The van der Waals surface area contributed by atoms with E-state index in [9.17, 15) is 9.90 Å². The van der Waals surface area contributed by atoms with Gasteiger partial charge in [0.05, 0.1) is 11.1 Å². The van der Waals surface area contributed by atoms with Crippen LogP contribution in [0.15, 0.2) is 48.8 Å². The molecule has 0 bridgehead atoms. The Bertz CT molecular complexity index is 1000. The van der Waals surface area contributed by atoms with Crippen molar-refractivity contribution in [1.82, 2.24) is 14.3 Å². The Morgan fingerprint density at radius 2 is 2.04 bits per heavy atom. The normalized spacial score (nSPS) is 19.9. The zero-order chi connectivity index (χ0) is 19.7. The first kappa shape index (κ1) is 18.9. The first-order valence-electron chi connectivity index (χ1n) is 9.44. The summed E-state index contributed by atoms with van der Waals surface area (Å²) < 4.78 is 1.74. The predicted molar refractivity (Wildman–Crippen MR) is 108 cm³/mol. The van der Waals surface area contributed by atoms with Crippen LogP contribution in [0.5, 0.6) is 0 Å². The molecule has 1 saturated heterocycles. The van der Waals surface area contributed by atoms with Crippen LogP contribution < -0.4 is 5.73 Å². The molecule has 4 rings (SSSR count). The Morgan fingerprint density at radius 3 is 2.75 bits per heavy atom. The fourth-order valence-corrected chi connectivity index (χ4v) is 4.10. The van der Waals surface area contributed by atoms with Gasteiger partial charge in [-0.1, -0.05) is 35.9 Å². The number of likely N-dealkylation sites (tertiary alicyclic amines) is 1. The minimum atomic E-state index is -0.579. The van der Waals surface area contributed by atoms with Crippen molar-refractivity contribution >= 4 is 23.2 Å². The lowest BCUT2D eigenvalue weighted by atomic mass is 9.86. The van der Waals surface area contributed by atoms with Crippen LogP contribution in [-0.4, -0.2) is 44.5 Å². The molecule has 146 valence electrons. The molecule has 0 aliphatic carbocycles. The smallest absolute Gasteiger partial charge is 0.274 e. The summed E-state index contributed by atoms with van der Waals surface area (Å²) >= 11 is 6.15. The van der Waals surface area contributed by atoms with E-state index >= 15 is 0 Å². The minimum absolute atomic E-state index is 0.104.